The highest BCUT2D eigenvalue weighted by molar-refractivity contribution is 5.18. The summed E-state index contributed by atoms with van der Waals surface area (Å²) in [4.78, 5) is 0. The lowest BCUT2D eigenvalue weighted by Crippen LogP contribution is -2.17. The highest BCUT2D eigenvalue weighted by Crippen LogP contribution is 2.38. The normalized spacial score (nSPS) is 26.2. The molecule has 0 saturated carbocycles. The molecule has 0 unspecified atom stereocenters. The smallest absolute Gasteiger partial charge is 0.0833 e. The average Bonchev–Trinajstić information content (AvgIpc) is 2.48. The van der Waals surface area contributed by atoms with Crippen LogP contribution in [0.4, 0.5) is 0 Å². The van der Waals surface area contributed by atoms with E-state index < -0.39 is 0 Å². The van der Waals surface area contributed by atoms with Crippen molar-refractivity contribution < 1.29 is 4.74 Å². The molecule has 0 radical (unpaired) electrons. The molecular weight excluding hydrogens is 160 g/mol. The van der Waals surface area contributed by atoms with Crippen molar-refractivity contribution in [2.75, 3.05) is 0 Å². The number of rotatable bonds is 1. The molecule has 1 heterocycles. The molecule has 1 aliphatic rings. The zero-order chi connectivity index (χ0) is 9.31. The lowest BCUT2D eigenvalue weighted by Gasteiger charge is -2.19. The van der Waals surface area contributed by atoms with Crippen LogP contribution >= 0.6 is 0 Å². The van der Waals surface area contributed by atoms with Gasteiger partial charge in [-0.3, -0.25) is 0 Å². The zero-order valence-electron chi connectivity index (χ0n) is 8.29. The first-order valence-electron chi connectivity index (χ1n) is 4.90. The van der Waals surface area contributed by atoms with Crippen molar-refractivity contribution >= 4 is 0 Å². The molecule has 1 aromatic rings. The van der Waals surface area contributed by atoms with Crippen molar-refractivity contribution in [1.82, 2.24) is 0 Å². The van der Waals surface area contributed by atoms with E-state index in [0.29, 0.717) is 6.10 Å². The molecule has 13 heavy (non-hydrogen) atoms. The lowest BCUT2D eigenvalue weighted by molar-refractivity contribution is -0.0163. The van der Waals surface area contributed by atoms with E-state index in [-0.39, 0.29) is 5.60 Å². The largest absolute Gasteiger partial charge is 0.368 e. The maximum absolute atomic E-state index is 5.93. The second-order valence-corrected chi connectivity index (χ2v) is 4.32. The van der Waals surface area contributed by atoms with E-state index in [4.69, 9.17) is 4.74 Å². The number of ether oxygens (including phenoxy) is 1. The summed E-state index contributed by atoms with van der Waals surface area (Å²) in [5, 5.41) is 0. The summed E-state index contributed by atoms with van der Waals surface area (Å²) in [5.41, 5.74) is 1.38. The Balaban J connectivity index is 2.13. The first-order valence-corrected chi connectivity index (χ1v) is 4.90. The molecular formula is C12H16O. The number of benzene rings is 1. The summed E-state index contributed by atoms with van der Waals surface area (Å²) < 4.78 is 5.93. The molecule has 0 aliphatic carbocycles. The van der Waals surface area contributed by atoms with Crippen LogP contribution in [0.25, 0.3) is 0 Å². The second-order valence-electron chi connectivity index (χ2n) is 4.32. The third kappa shape index (κ3) is 1.92. The van der Waals surface area contributed by atoms with Gasteiger partial charge in [0, 0.05) is 0 Å². The van der Waals surface area contributed by atoms with Gasteiger partial charge >= 0.3 is 0 Å². The van der Waals surface area contributed by atoms with Crippen LogP contribution in [0.15, 0.2) is 30.3 Å². The van der Waals surface area contributed by atoms with Gasteiger partial charge in [0.2, 0.25) is 0 Å². The Morgan fingerprint density at radius 2 is 1.92 bits per heavy atom. The third-order valence-corrected chi connectivity index (χ3v) is 2.64. The first-order chi connectivity index (χ1) is 6.17. The number of hydrogen-bond acceptors (Lipinski definition) is 1. The summed E-state index contributed by atoms with van der Waals surface area (Å²) in [6.07, 6.45) is 2.63. The quantitative estimate of drug-likeness (QED) is 0.637. The van der Waals surface area contributed by atoms with Crippen LogP contribution in [0, 0.1) is 0 Å². The Hall–Kier alpha value is -0.820. The SMILES string of the molecule is CC1(C)CC[C@H](c2ccccc2)O1. The van der Waals surface area contributed by atoms with Crippen LogP contribution in [0.5, 0.6) is 0 Å². The van der Waals surface area contributed by atoms with Crippen molar-refractivity contribution in [3.8, 4) is 0 Å². The predicted molar refractivity (Wildman–Crippen MR) is 53.6 cm³/mol. The summed E-state index contributed by atoms with van der Waals surface area (Å²) >= 11 is 0. The average molecular weight is 176 g/mol. The van der Waals surface area contributed by atoms with Crippen molar-refractivity contribution in [2.45, 2.75) is 38.4 Å². The Morgan fingerprint density at radius 3 is 2.46 bits per heavy atom. The van der Waals surface area contributed by atoms with Crippen LogP contribution in [0.3, 0.4) is 0 Å². The first kappa shape index (κ1) is 8.76. The molecule has 2 rings (SSSR count). The Kier molecular flexibility index (Phi) is 2.12. The number of hydrogen-bond donors (Lipinski definition) is 0. The molecule has 1 nitrogen and oxygen atoms in total. The van der Waals surface area contributed by atoms with Gasteiger partial charge in [0.1, 0.15) is 0 Å². The summed E-state index contributed by atoms with van der Waals surface area (Å²) in [6.45, 7) is 4.33. The van der Waals surface area contributed by atoms with E-state index in [9.17, 15) is 0 Å². The standard InChI is InChI=1S/C12H16O/c1-12(2)9-8-11(13-12)10-6-4-3-5-7-10/h3-7,11H,8-9H2,1-2H3/t11-/m1/s1. The molecule has 1 aliphatic heterocycles. The van der Waals surface area contributed by atoms with Gasteiger partial charge < -0.3 is 4.74 Å². The van der Waals surface area contributed by atoms with Crippen LogP contribution < -0.4 is 0 Å². The van der Waals surface area contributed by atoms with Gasteiger partial charge in [0.25, 0.3) is 0 Å². The van der Waals surface area contributed by atoms with Gasteiger partial charge in [-0.15, -0.1) is 0 Å². The van der Waals surface area contributed by atoms with E-state index in [1.54, 1.807) is 0 Å². The summed E-state index contributed by atoms with van der Waals surface area (Å²) in [5.74, 6) is 0. The molecule has 1 aromatic carbocycles. The molecule has 0 bridgehead atoms. The summed E-state index contributed by atoms with van der Waals surface area (Å²) in [7, 11) is 0. The van der Waals surface area contributed by atoms with Gasteiger partial charge in [-0.2, -0.15) is 0 Å². The molecule has 1 saturated heterocycles. The molecule has 0 aromatic heterocycles. The molecule has 0 spiro atoms. The predicted octanol–water partition coefficient (Wildman–Crippen LogP) is 3.32. The fourth-order valence-corrected chi connectivity index (χ4v) is 1.88. The van der Waals surface area contributed by atoms with Gasteiger partial charge in [0.05, 0.1) is 11.7 Å². The lowest BCUT2D eigenvalue weighted by atomic mass is 10.0. The molecule has 0 amide bonds. The molecule has 1 heteroatoms. The van der Waals surface area contributed by atoms with E-state index in [0.717, 1.165) is 12.8 Å². The Labute approximate surface area is 79.7 Å². The van der Waals surface area contributed by atoms with Gasteiger partial charge in [-0.05, 0) is 32.3 Å². The van der Waals surface area contributed by atoms with E-state index in [1.165, 1.54) is 5.56 Å². The molecule has 70 valence electrons. The van der Waals surface area contributed by atoms with Crippen LogP contribution in [-0.2, 0) is 4.74 Å². The Bertz CT molecular complexity index is 276. The van der Waals surface area contributed by atoms with Crippen molar-refractivity contribution in [2.24, 2.45) is 0 Å². The van der Waals surface area contributed by atoms with Crippen LogP contribution in [0.2, 0.25) is 0 Å². The molecule has 1 atom stereocenters. The van der Waals surface area contributed by atoms with E-state index in [2.05, 4.69) is 38.1 Å². The van der Waals surface area contributed by atoms with E-state index >= 15 is 0 Å². The van der Waals surface area contributed by atoms with E-state index in [1.807, 2.05) is 6.07 Å². The van der Waals surface area contributed by atoms with Crippen LogP contribution in [-0.4, -0.2) is 5.60 Å². The second kappa shape index (κ2) is 3.15. The fourth-order valence-electron chi connectivity index (χ4n) is 1.88. The highest BCUT2D eigenvalue weighted by atomic mass is 16.5. The third-order valence-electron chi connectivity index (χ3n) is 2.64. The fraction of sp³-hybridized carbons (Fsp3) is 0.500. The topological polar surface area (TPSA) is 9.23 Å². The zero-order valence-corrected chi connectivity index (χ0v) is 8.29. The van der Waals surface area contributed by atoms with Gasteiger partial charge in [0.15, 0.2) is 0 Å². The minimum Gasteiger partial charge on any atom is -0.368 e. The highest BCUT2D eigenvalue weighted by Gasteiger charge is 2.32. The maximum atomic E-state index is 5.93. The summed E-state index contributed by atoms with van der Waals surface area (Å²) in [6, 6.07) is 10.5. The molecule has 1 fully saturated rings. The van der Waals surface area contributed by atoms with Crippen molar-refractivity contribution in [3.05, 3.63) is 35.9 Å². The minimum atomic E-state index is 0.0699. The van der Waals surface area contributed by atoms with Gasteiger partial charge in [-0.1, -0.05) is 30.3 Å². The minimum absolute atomic E-state index is 0.0699. The van der Waals surface area contributed by atoms with Crippen LogP contribution in [0.1, 0.15) is 38.4 Å². The van der Waals surface area contributed by atoms with Crippen molar-refractivity contribution in [1.29, 1.82) is 0 Å². The monoisotopic (exact) mass is 176 g/mol. The van der Waals surface area contributed by atoms with Crippen molar-refractivity contribution in [3.63, 3.8) is 0 Å². The molecule has 0 N–H and O–H groups in total. The maximum Gasteiger partial charge on any atom is 0.0833 e. The Morgan fingerprint density at radius 1 is 1.23 bits per heavy atom. The van der Waals surface area contributed by atoms with Gasteiger partial charge in [-0.25, -0.2) is 0 Å².